The maximum Gasteiger partial charge on any atom is 0.193 e. The molecule has 0 radical (unpaired) electrons. The summed E-state index contributed by atoms with van der Waals surface area (Å²) in [6.45, 7) is 6.55. The molecular weight excluding hydrogens is 256 g/mol. The van der Waals surface area contributed by atoms with Crippen molar-refractivity contribution in [3.63, 3.8) is 0 Å². The van der Waals surface area contributed by atoms with Crippen LogP contribution in [-0.2, 0) is 6.54 Å². The molecule has 1 aliphatic rings. The van der Waals surface area contributed by atoms with Crippen LogP contribution in [0.25, 0.3) is 4.96 Å². The van der Waals surface area contributed by atoms with Gasteiger partial charge in [-0.15, -0.1) is 11.3 Å². The van der Waals surface area contributed by atoms with Crippen LogP contribution in [0.1, 0.15) is 31.9 Å². The number of likely N-dealkylation sites (tertiary alicyclic amines) is 1. The van der Waals surface area contributed by atoms with Gasteiger partial charge in [-0.3, -0.25) is 9.30 Å². The van der Waals surface area contributed by atoms with Gasteiger partial charge >= 0.3 is 0 Å². The van der Waals surface area contributed by atoms with Crippen LogP contribution in [0.3, 0.4) is 0 Å². The SMILES string of the molecule is CCNCC1CCCCN1Cc1cn2ccsc2n1. The second-order valence-electron chi connectivity index (χ2n) is 5.25. The number of hydrogen-bond acceptors (Lipinski definition) is 4. The molecule has 0 spiro atoms. The smallest absolute Gasteiger partial charge is 0.193 e. The van der Waals surface area contributed by atoms with Crippen LogP contribution in [-0.4, -0.2) is 40.0 Å². The Bertz CT molecular complexity index is 490. The van der Waals surface area contributed by atoms with Crippen LogP contribution in [0.2, 0.25) is 0 Å². The van der Waals surface area contributed by atoms with Gasteiger partial charge in [0.05, 0.1) is 5.69 Å². The van der Waals surface area contributed by atoms with E-state index in [1.54, 1.807) is 11.3 Å². The fourth-order valence-electron chi connectivity index (χ4n) is 2.87. The minimum Gasteiger partial charge on any atom is -0.315 e. The molecule has 0 bridgehead atoms. The average molecular weight is 278 g/mol. The number of hydrogen-bond donors (Lipinski definition) is 1. The number of fused-ring (bicyclic) bond motifs is 1. The highest BCUT2D eigenvalue weighted by molar-refractivity contribution is 7.15. The summed E-state index contributed by atoms with van der Waals surface area (Å²) in [5, 5.41) is 5.57. The zero-order valence-corrected chi connectivity index (χ0v) is 12.3. The molecule has 3 heterocycles. The summed E-state index contributed by atoms with van der Waals surface area (Å²) < 4.78 is 2.13. The molecule has 2 aromatic heterocycles. The number of imidazole rings is 1. The van der Waals surface area contributed by atoms with Crippen molar-refractivity contribution in [1.82, 2.24) is 19.6 Å². The van der Waals surface area contributed by atoms with E-state index in [0.717, 1.165) is 24.6 Å². The predicted molar refractivity (Wildman–Crippen MR) is 79.7 cm³/mol. The highest BCUT2D eigenvalue weighted by Crippen LogP contribution is 2.20. The number of rotatable bonds is 5. The van der Waals surface area contributed by atoms with Crippen LogP contribution in [0.4, 0.5) is 0 Å². The first-order valence-electron chi connectivity index (χ1n) is 7.22. The summed E-state index contributed by atoms with van der Waals surface area (Å²) in [4.78, 5) is 8.40. The van der Waals surface area contributed by atoms with Crippen LogP contribution in [0.5, 0.6) is 0 Å². The fraction of sp³-hybridized carbons (Fsp3) is 0.643. The van der Waals surface area contributed by atoms with Crippen LogP contribution < -0.4 is 5.32 Å². The summed E-state index contributed by atoms with van der Waals surface area (Å²) in [5.74, 6) is 0. The van der Waals surface area contributed by atoms with Crippen molar-refractivity contribution < 1.29 is 0 Å². The Hall–Kier alpha value is -0.910. The van der Waals surface area contributed by atoms with E-state index in [0.29, 0.717) is 6.04 Å². The van der Waals surface area contributed by atoms with Crippen LogP contribution in [0.15, 0.2) is 17.8 Å². The molecule has 1 saturated heterocycles. The topological polar surface area (TPSA) is 32.6 Å². The lowest BCUT2D eigenvalue weighted by atomic mass is 10.0. The molecule has 0 amide bonds. The molecule has 1 atom stereocenters. The second-order valence-corrected chi connectivity index (χ2v) is 6.13. The third kappa shape index (κ3) is 2.99. The maximum atomic E-state index is 4.70. The Labute approximate surface area is 118 Å². The highest BCUT2D eigenvalue weighted by atomic mass is 32.1. The summed E-state index contributed by atoms with van der Waals surface area (Å²) in [5.41, 5.74) is 1.20. The van der Waals surface area contributed by atoms with Crippen LogP contribution >= 0.6 is 11.3 Å². The van der Waals surface area contributed by atoms with E-state index >= 15 is 0 Å². The van der Waals surface area contributed by atoms with E-state index in [9.17, 15) is 0 Å². The zero-order valence-electron chi connectivity index (χ0n) is 11.5. The normalized spacial score (nSPS) is 21.2. The lowest BCUT2D eigenvalue weighted by Gasteiger charge is -2.35. The van der Waals surface area contributed by atoms with Crippen molar-refractivity contribution in [3.8, 4) is 0 Å². The van der Waals surface area contributed by atoms with Gasteiger partial charge < -0.3 is 5.32 Å². The van der Waals surface area contributed by atoms with E-state index in [2.05, 4.69) is 39.3 Å². The molecule has 5 heteroatoms. The molecule has 0 aliphatic carbocycles. The number of likely N-dealkylation sites (N-methyl/N-ethyl adjacent to an activating group) is 1. The Kier molecular flexibility index (Phi) is 4.15. The minimum absolute atomic E-state index is 0.674. The molecule has 1 aliphatic heterocycles. The molecule has 1 unspecified atom stereocenters. The predicted octanol–water partition coefficient (Wildman–Crippen LogP) is 2.36. The largest absolute Gasteiger partial charge is 0.315 e. The summed E-state index contributed by atoms with van der Waals surface area (Å²) in [6, 6.07) is 0.674. The molecular formula is C14H22N4S. The molecule has 0 aromatic carbocycles. The molecule has 4 nitrogen and oxygen atoms in total. The van der Waals surface area contributed by atoms with Crippen molar-refractivity contribution >= 4 is 16.3 Å². The molecule has 0 saturated carbocycles. The maximum absolute atomic E-state index is 4.70. The quantitative estimate of drug-likeness (QED) is 0.911. The van der Waals surface area contributed by atoms with Gasteiger partial charge in [0.2, 0.25) is 0 Å². The molecule has 1 fully saturated rings. The molecule has 1 N–H and O–H groups in total. The lowest BCUT2D eigenvalue weighted by Crippen LogP contribution is -2.45. The molecule has 2 aromatic rings. The Morgan fingerprint density at radius 2 is 2.42 bits per heavy atom. The number of nitrogens with one attached hydrogen (secondary N) is 1. The van der Waals surface area contributed by atoms with E-state index in [1.165, 1.54) is 31.5 Å². The van der Waals surface area contributed by atoms with Gasteiger partial charge in [0.25, 0.3) is 0 Å². The summed E-state index contributed by atoms with van der Waals surface area (Å²) in [7, 11) is 0. The Morgan fingerprint density at radius 3 is 3.26 bits per heavy atom. The standard InChI is InChI=1S/C14H22N4S/c1-2-15-9-13-5-3-4-6-17(13)10-12-11-18-7-8-19-14(18)16-12/h7-8,11,13,15H,2-6,9-10H2,1H3. The van der Waals surface area contributed by atoms with Gasteiger partial charge in [-0.1, -0.05) is 13.3 Å². The van der Waals surface area contributed by atoms with Gasteiger partial charge in [0.15, 0.2) is 4.96 Å². The van der Waals surface area contributed by atoms with Crippen molar-refractivity contribution in [2.75, 3.05) is 19.6 Å². The van der Waals surface area contributed by atoms with E-state index in [1.807, 2.05) is 0 Å². The zero-order chi connectivity index (χ0) is 13.1. The number of thiazole rings is 1. The van der Waals surface area contributed by atoms with Gasteiger partial charge in [-0.2, -0.15) is 0 Å². The second kappa shape index (κ2) is 6.03. The van der Waals surface area contributed by atoms with E-state index in [4.69, 9.17) is 4.98 Å². The first kappa shape index (κ1) is 13.1. The first-order valence-corrected chi connectivity index (χ1v) is 8.10. The third-order valence-electron chi connectivity index (χ3n) is 3.89. The van der Waals surface area contributed by atoms with Gasteiger partial charge in [-0.05, 0) is 25.9 Å². The molecule has 3 rings (SSSR count). The van der Waals surface area contributed by atoms with Crippen LogP contribution in [0, 0.1) is 0 Å². The minimum atomic E-state index is 0.674. The van der Waals surface area contributed by atoms with Gasteiger partial charge in [0, 0.05) is 36.9 Å². The fourth-order valence-corrected chi connectivity index (χ4v) is 3.59. The highest BCUT2D eigenvalue weighted by Gasteiger charge is 2.22. The lowest BCUT2D eigenvalue weighted by molar-refractivity contribution is 0.136. The van der Waals surface area contributed by atoms with Crippen molar-refractivity contribution in [3.05, 3.63) is 23.5 Å². The summed E-state index contributed by atoms with van der Waals surface area (Å²) in [6.07, 6.45) is 8.26. The molecule has 19 heavy (non-hydrogen) atoms. The number of piperidine rings is 1. The van der Waals surface area contributed by atoms with Gasteiger partial charge in [0.1, 0.15) is 0 Å². The van der Waals surface area contributed by atoms with Gasteiger partial charge in [-0.25, -0.2) is 4.98 Å². The Balaban J connectivity index is 1.67. The Morgan fingerprint density at radius 1 is 1.47 bits per heavy atom. The van der Waals surface area contributed by atoms with E-state index in [-0.39, 0.29) is 0 Å². The van der Waals surface area contributed by atoms with E-state index < -0.39 is 0 Å². The van der Waals surface area contributed by atoms with Crippen molar-refractivity contribution in [2.45, 2.75) is 38.8 Å². The monoisotopic (exact) mass is 278 g/mol. The number of aromatic nitrogens is 2. The van der Waals surface area contributed by atoms with Crippen molar-refractivity contribution in [2.24, 2.45) is 0 Å². The third-order valence-corrected chi connectivity index (χ3v) is 4.66. The van der Waals surface area contributed by atoms with Crippen molar-refractivity contribution in [1.29, 1.82) is 0 Å². The molecule has 104 valence electrons. The average Bonchev–Trinajstić information content (AvgIpc) is 2.98. The number of nitrogens with zero attached hydrogens (tertiary/aromatic N) is 3. The summed E-state index contributed by atoms with van der Waals surface area (Å²) >= 11 is 1.71. The first-order chi connectivity index (χ1) is 9.36.